The molecule has 112 valence electrons. The number of hydrogen-bond donors (Lipinski definition) is 1. The second-order valence-electron chi connectivity index (χ2n) is 5.49. The van der Waals surface area contributed by atoms with Crippen LogP contribution in [0.4, 0.5) is 0 Å². The van der Waals surface area contributed by atoms with E-state index in [0.717, 1.165) is 32.4 Å². The molecule has 2 atom stereocenters. The van der Waals surface area contributed by atoms with Crippen molar-refractivity contribution in [1.29, 1.82) is 0 Å². The van der Waals surface area contributed by atoms with Gasteiger partial charge in [0.2, 0.25) is 0 Å². The number of carbonyl (C=O) groups excluding carboxylic acids is 1. The van der Waals surface area contributed by atoms with E-state index in [-0.39, 0.29) is 5.97 Å². The van der Waals surface area contributed by atoms with Crippen LogP contribution in [0.2, 0.25) is 0 Å². The van der Waals surface area contributed by atoms with Crippen molar-refractivity contribution in [2.75, 3.05) is 26.7 Å². The topological polar surface area (TPSA) is 41.6 Å². The summed E-state index contributed by atoms with van der Waals surface area (Å²) in [6.45, 7) is 9.01. The summed E-state index contributed by atoms with van der Waals surface area (Å²) in [4.78, 5) is 14.7. The van der Waals surface area contributed by atoms with Crippen molar-refractivity contribution in [3.05, 3.63) is 0 Å². The Morgan fingerprint density at radius 1 is 1.32 bits per heavy atom. The maximum Gasteiger partial charge on any atom is 0.326 e. The van der Waals surface area contributed by atoms with Crippen molar-refractivity contribution in [3.63, 3.8) is 0 Å². The number of rotatable bonds is 8. The highest BCUT2D eigenvalue weighted by molar-refractivity contribution is 5.81. The fraction of sp³-hybridized carbons (Fsp3) is 0.933. The van der Waals surface area contributed by atoms with E-state index in [1.807, 2.05) is 14.0 Å². The summed E-state index contributed by atoms with van der Waals surface area (Å²) in [6.07, 6.45) is 5.18. The Bertz CT molecular complexity index is 277. The summed E-state index contributed by atoms with van der Waals surface area (Å²) >= 11 is 0. The van der Waals surface area contributed by atoms with E-state index >= 15 is 0 Å². The summed E-state index contributed by atoms with van der Waals surface area (Å²) in [5.74, 6) is -0.0760. The molecule has 1 N–H and O–H groups in total. The van der Waals surface area contributed by atoms with Crippen LogP contribution in [0.1, 0.15) is 52.9 Å². The van der Waals surface area contributed by atoms with E-state index in [0.29, 0.717) is 12.6 Å². The van der Waals surface area contributed by atoms with Crippen LogP contribution in [0.25, 0.3) is 0 Å². The van der Waals surface area contributed by atoms with Crippen LogP contribution >= 0.6 is 0 Å². The third-order valence-corrected chi connectivity index (χ3v) is 4.17. The summed E-state index contributed by atoms with van der Waals surface area (Å²) < 4.78 is 5.25. The SMILES string of the molecule is CCCN(CCC)C1CCC(NC)(C(=O)OCC)C1. The van der Waals surface area contributed by atoms with Gasteiger partial charge in [0.25, 0.3) is 0 Å². The Balaban J connectivity index is 2.69. The molecule has 0 amide bonds. The highest BCUT2D eigenvalue weighted by atomic mass is 16.5. The fourth-order valence-corrected chi connectivity index (χ4v) is 3.17. The van der Waals surface area contributed by atoms with E-state index in [2.05, 4.69) is 24.1 Å². The minimum atomic E-state index is -0.458. The van der Waals surface area contributed by atoms with Crippen molar-refractivity contribution in [3.8, 4) is 0 Å². The van der Waals surface area contributed by atoms with Gasteiger partial charge >= 0.3 is 5.97 Å². The molecular weight excluding hydrogens is 240 g/mol. The first-order valence-electron chi connectivity index (χ1n) is 7.73. The number of nitrogens with zero attached hydrogens (tertiary/aromatic N) is 1. The maximum atomic E-state index is 12.2. The Labute approximate surface area is 117 Å². The highest BCUT2D eigenvalue weighted by Gasteiger charge is 2.46. The molecule has 0 heterocycles. The lowest BCUT2D eigenvalue weighted by Crippen LogP contribution is -2.50. The summed E-state index contributed by atoms with van der Waals surface area (Å²) in [6, 6.07) is 0.511. The van der Waals surface area contributed by atoms with Crippen LogP contribution in [0, 0.1) is 0 Å². The molecule has 0 radical (unpaired) electrons. The molecule has 1 saturated carbocycles. The first-order valence-corrected chi connectivity index (χ1v) is 7.73. The third-order valence-electron chi connectivity index (χ3n) is 4.17. The van der Waals surface area contributed by atoms with Gasteiger partial charge < -0.3 is 15.0 Å². The Morgan fingerprint density at radius 2 is 1.95 bits per heavy atom. The van der Waals surface area contributed by atoms with Crippen LogP contribution in [0.5, 0.6) is 0 Å². The maximum absolute atomic E-state index is 12.2. The second-order valence-corrected chi connectivity index (χ2v) is 5.49. The predicted octanol–water partition coefficient (Wildman–Crippen LogP) is 2.18. The average Bonchev–Trinajstić information content (AvgIpc) is 2.84. The molecule has 0 aromatic rings. The van der Waals surface area contributed by atoms with Crippen LogP contribution in [0.15, 0.2) is 0 Å². The molecule has 0 bridgehead atoms. The van der Waals surface area contributed by atoms with E-state index in [9.17, 15) is 4.79 Å². The van der Waals surface area contributed by atoms with Gasteiger partial charge in [0, 0.05) is 6.04 Å². The van der Waals surface area contributed by atoms with Gasteiger partial charge in [-0.1, -0.05) is 13.8 Å². The van der Waals surface area contributed by atoms with Gasteiger partial charge in [-0.3, -0.25) is 4.79 Å². The molecule has 2 unspecified atom stereocenters. The highest BCUT2D eigenvalue weighted by Crippen LogP contribution is 2.34. The van der Waals surface area contributed by atoms with Crippen molar-refractivity contribution in [2.45, 2.75) is 64.5 Å². The minimum Gasteiger partial charge on any atom is -0.465 e. The molecule has 1 aliphatic rings. The lowest BCUT2D eigenvalue weighted by molar-refractivity contribution is -0.151. The normalized spacial score (nSPS) is 26.9. The first kappa shape index (κ1) is 16.4. The molecule has 0 aliphatic heterocycles. The van der Waals surface area contributed by atoms with Gasteiger partial charge in [0.05, 0.1) is 6.61 Å². The molecule has 0 saturated heterocycles. The fourth-order valence-electron chi connectivity index (χ4n) is 3.17. The molecule has 0 aromatic carbocycles. The summed E-state index contributed by atoms with van der Waals surface area (Å²) in [5.41, 5.74) is -0.458. The van der Waals surface area contributed by atoms with E-state index in [1.165, 1.54) is 12.8 Å². The molecular formula is C15H30N2O2. The van der Waals surface area contributed by atoms with Crippen LogP contribution in [-0.2, 0) is 9.53 Å². The van der Waals surface area contributed by atoms with Gasteiger partial charge in [-0.15, -0.1) is 0 Å². The van der Waals surface area contributed by atoms with E-state index in [4.69, 9.17) is 4.74 Å². The standard InChI is InChI=1S/C15H30N2O2/c1-5-10-17(11-6-2)13-8-9-15(12-13,16-4)14(18)19-7-3/h13,16H,5-12H2,1-4H3. The van der Waals surface area contributed by atoms with Crippen molar-refractivity contribution in [1.82, 2.24) is 10.2 Å². The molecule has 1 fully saturated rings. The zero-order valence-corrected chi connectivity index (χ0v) is 13.0. The van der Waals surface area contributed by atoms with Crippen molar-refractivity contribution < 1.29 is 9.53 Å². The lowest BCUT2D eigenvalue weighted by Gasteiger charge is -2.31. The summed E-state index contributed by atoms with van der Waals surface area (Å²) in [5, 5.41) is 3.23. The molecule has 1 aliphatic carbocycles. The quantitative estimate of drug-likeness (QED) is 0.686. The molecule has 4 nitrogen and oxygen atoms in total. The van der Waals surface area contributed by atoms with Gasteiger partial charge in [-0.2, -0.15) is 0 Å². The smallest absolute Gasteiger partial charge is 0.326 e. The number of ether oxygens (including phenoxy) is 1. The largest absolute Gasteiger partial charge is 0.465 e. The van der Waals surface area contributed by atoms with Gasteiger partial charge in [0.15, 0.2) is 0 Å². The zero-order valence-electron chi connectivity index (χ0n) is 13.0. The Kier molecular flexibility index (Phi) is 6.80. The molecule has 0 spiro atoms. The number of hydrogen-bond acceptors (Lipinski definition) is 4. The number of esters is 1. The lowest BCUT2D eigenvalue weighted by atomic mass is 9.97. The molecule has 1 rings (SSSR count). The van der Waals surface area contributed by atoms with Crippen LogP contribution < -0.4 is 5.32 Å². The van der Waals surface area contributed by atoms with Crippen LogP contribution in [-0.4, -0.2) is 49.2 Å². The Morgan fingerprint density at radius 3 is 2.42 bits per heavy atom. The van der Waals surface area contributed by atoms with Gasteiger partial charge in [0.1, 0.15) is 5.54 Å². The molecule has 0 aromatic heterocycles. The molecule has 4 heteroatoms. The van der Waals surface area contributed by atoms with Crippen molar-refractivity contribution >= 4 is 5.97 Å². The summed E-state index contributed by atoms with van der Waals surface area (Å²) in [7, 11) is 1.88. The number of nitrogens with one attached hydrogen (secondary N) is 1. The van der Waals surface area contributed by atoms with E-state index < -0.39 is 5.54 Å². The average molecular weight is 270 g/mol. The first-order chi connectivity index (χ1) is 9.13. The van der Waals surface area contributed by atoms with Gasteiger partial charge in [-0.05, 0) is 59.2 Å². The van der Waals surface area contributed by atoms with Crippen LogP contribution in [0.3, 0.4) is 0 Å². The third kappa shape index (κ3) is 3.93. The molecule has 19 heavy (non-hydrogen) atoms. The zero-order chi connectivity index (χ0) is 14.3. The predicted molar refractivity (Wildman–Crippen MR) is 78.2 cm³/mol. The minimum absolute atomic E-state index is 0.0760. The number of likely N-dealkylation sites (N-methyl/N-ethyl adjacent to an activating group) is 1. The monoisotopic (exact) mass is 270 g/mol. The Hall–Kier alpha value is -0.610. The van der Waals surface area contributed by atoms with E-state index in [1.54, 1.807) is 0 Å². The number of carbonyl (C=O) groups is 1. The second kappa shape index (κ2) is 7.85. The van der Waals surface area contributed by atoms with Gasteiger partial charge in [-0.25, -0.2) is 0 Å². The van der Waals surface area contributed by atoms with Crippen molar-refractivity contribution in [2.24, 2.45) is 0 Å².